The van der Waals surface area contributed by atoms with E-state index in [0.29, 0.717) is 0 Å². The van der Waals surface area contributed by atoms with E-state index in [0.717, 1.165) is 17.5 Å². The molecule has 35 heavy (non-hydrogen) atoms. The van der Waals surface area contributed by atoms with Gasteiger partial charge in [-0.05, 0) is 53.0 Å². The zero-order chi connectivity index (χ0) is 25.2. The zero-order valence-corrected chi connectivity index (χ0v) is 20.7. The van der Waals surface area contributed by atoms with Gasteiger partial charge >= 0.3 is 12.3 Å². The zero-order valence-electron chi connectivity index (χ0n) is 20.7. The van der Waals surface area contributed by atoms with Crippen molar-refractivity contribution in [3.05, 3.63) is 106 Å². The van der Waals surface area contributed by atoms with Crippen LogP contribution in [0.5, 0.6) is 0 Å². The van der Waals surface area contributed by atoms with E-state index >= 15 is 0 Å². The summed E-state index contributed by atoms with van der Waals surface area (Å²) in [4.78, 5) is 22.5. The fourth-order valence-electron chi connectivity index (χ4n) is 3.97. The molecule has 3 rings (SSSR count). The standard InChI is InChI=1S/C29H32O6/c1-20-5-13-25(14-6-20)21(2)27(26-15-11-24(12-16-26)19-35-29(31)33-4)17-22-7-9-23(10-8-22)18-34-28(30)32-3/h5-16,21,27H,17-19H2,1-4H3. The van der Waals surface area contributed by atoms with Crippen LogP contribution in [-0.2, 0) is 38.6 Å². The molecule has 0 aromatic heterocycles. The number of ether oxygens (including phenoxy) is 4. The maximum absolute atomic E-state index is 11.3. The first kappa shape index (κ1) is 25.8. The fraction of sp³-hybridized carbons (Fsp3) is 0.310. The van der Waals surface area contributed by atoms with E-state index in [4.69, 9.17) is 9.47 Å². The molecule has 3 aromatic carbocycles. The van der Waals surface area contributed by atoms with Crippen LogP contribution in [0.25, 0.3) is 0 Å². The second-order valence-corrected chi connectivity index (χ2v) is 8.55. The summed E-state index contributed by atoms with van der Waals surface area (Å²) >= 11 is 0. The molecule has 0 saturated heterocycles. The third kappa shape index (κ3) is 7.60. The van der Waals surface area contributed by atoms with Gasteiger partial charge in [-0.3, -0.25) is 0 Å². The molecule has 0 radical (unpaired) electrons. The molecule has 0 amide bonds. The molecule has 0 spiro atoms. The number of benzene rings is 3. The van der Waals surface area contributed by atoms with Crippen LogP contribution in [0.4, 0.5) is 9.59 Å². The summed E-state index contributed by atoms with van der Waals surface area (Å²) in [5, 5.41) is 0. The van der Waals surface area contributed by atoms with Crippen LogP contribution >= 0.6 is 0 Å². The van der Waals surface area contributed by atoms with Crippen LogP contribution in [0.3, 0.4) is 0 Å². The van der Waals surface area contributed by atoms with Gasteiger partial charge in [0.15, 0.2) is 0 Å². The maximum atomic E-state index is 11.3. The van der Waals surface area contributed by atoms with Crippen molar-refractivity contribution in [3.8, 4) is 0 Å². The van der Waals surface area contributed by atoms with Crippen molar-refractivity contribution in [1.82, 2.24) is 0 Å². The number of hydrogen-bond donors (Lipinski definition) is 0. The number of carbonyl (C=O) groups excluding carboxylic acids is 2. The Hall–Kier alpha value is -3.80. The summed E-state index contributed by atoms with van der Waals surface area (Å²) in [5.74, 6) is 0.501. The van der Waals surface area contributed by atoms with E-state index in [1.54, 1.807) is 0 Å². The van der Waals surface area contributed by atoms with Crippen molar-refractivity contribution in [2.75, 3.05) is 14.2 Å². The third-order valence-corrected chi connectivity index (χ3v) is 6.14. The molecular formula is C29H32O6. The molecular weight excluding hydrogens is 444 g/mol. The first-order chi connectivity index (χ1) is 16.9. The predicted octanol–water partition coefficient (Wildman–Crippen LogP) is 6.69. The minimum absolute atomic E-state index is 0.167. The second kappa shape index (κ2) is 12.6. The Labute approximate surface area is 206 Å². The highest BCUT2D eigenvalue weighted by molar-refractivity contribution is 5.59. The minimum Gasteiger partial charge on any atom is -0.438 e. The minimum atomic E-state index is -0.694. The molecule has 0 aliphatic rings. The molecule has 0 bridgehead atoms. The van der Waals surface area contributed by atoms with Crippen LogP contribution in [0.15, 0.2) is 72.8 Å². The van der Waals surface area contributed by atoms with Gasteiger partial charge in [0, 0.05) is 0 Å². The van der Waals surface area contributed by atoms with Crippen molar-refractivity contribution in [3.63, 3.8) is 0 Å². The number of aryl methyl sites for hydroxylation is 1. The van der Waals surface area contributed by atoms with Crippen molar-refractivity contribution < 1.29 is 28.5 Å². The van der Waals surface area contributed by atoms with Crippen LogP contribution < -0.4 is 0 Å². The lowest BCUT2D eigenvalue weighted by atomic mass is 9.78. The third-order valence-electron chi connectivity index (χ3n) is 6.14. The number of hydrogen-bond acceptors (Lipinski definition) is 6. The Bertz CT molecular complexity index is 1090. The normalized spacial score (nSPS) is 12.3. The highest BCUT2D eigenvalue weighted by Crippen LogP contribution is 2.36. The highest BCUT2D eigenvalue weighted by Gasteiger charge is 2.22. The molecule has 2 unspecified atom stereocenters. The molecule has 6 heteroatoms. The fourth-order valence-corrected chi connectivity index (χ4v) is 3.97. The Kier molecular flexibility index (Phi) is 9.30. The van der Waals surface area contributed by atoms with E-state index in [1.165, 1.54) is 36.5 Å². The average Bonchev–Trinajstić information content (AvgIpc) is 2.90. The lowest BCUT2D eigenvalue weighted by molar-refractivity contribution is 0.0660. The molecule has 0 aliphatic heterocycles. The summed E-state index contributed by atoms with van der Waals surface area (Å²) in [7, 11) is 2.58. The summed E-state index contributed by atoms with van der Waals surface area (Å²) in [6, 6.07) is 24.9. The lowest BCUT2D eigenvalue weighted by Gasteiger charge is -2.26. The number of carbonyl (C=O) groups is 2. The SMILES string of the molecule is COC(=O)OCc1ccc(CC(c2ccc(COC(=O)OC)cc2)C(C)c2ccc(C)cc2)cc1. The summed E-state index contributed by atoms with van der Waals surface area (Å²) < 4.78 is 19.1. The van der Waals surface area contributed by atoms with Gasteiger partial charge in [-0.15, -0.1) is 0 Å². The van der Waals surface area contributed by atoms with Gasteiger partial charge in [-0.1, -0.05) is 85.3 Å². The van der Waals surface area contributed by atoms with E-state index in [-0.39, 0.29) is 25.0 Å². The van der Waals surface area contributed by atoms with Crippen LogP contribution in [0.2, 0.25) is 0 Å². The Morgan fingerprint density at radius 1 is 0.657 bits per heavy atom. The Morgan fingerprint density at radius 3 is 1.57 bits per heavy atom. The lowest BCUT2D eigenvalue weighted by Crippen LogP contribution is -2.12. The number of rotatable bonds is 9. The molecule has 0 fully saturated rings. The van der Waals surface area contributed by atoms with Crippen molar-refractivity contribution in [2.24, 2.45) is 0 Å². The van der Waals surface area contributed by atoms with Gasteiger partial charge in [0.2, 0.25) is 0 Å². The Balaban J connectivity index is 1.80. The van der Waals surface area contributed by atoms with Crippen molar-refractivity contribution in [2.45, 2.75) is 45.3 Å². The maximum Gasteiger partial charge on any atom is 0.508 e. The molecule has 3 aromatic rings. The average molecular weight is 477 g/mol. The molecule has 2 atom stereocenters. The molecule has 184 valence electrons. The molecule has 0 aliphatic carbocycles. The van der Waals surface area contributed by atoms with Crippen molar-refractivity contribution in [1.29, 1.82) is 0 Å². The first-order valence-corrected chi connectivity index (χ1v) is 11.5. The molecule has 6 nitrogen and oxygen atoms in total. The smallest absolute Gasteiger partial charge is 0.438 e. The largest absolute Gasteiger partial charge is 0.508 e. The van der Waals surface area contributed by atoms with E-state index < -0.39 is 12.3 Å². The second-order valence-electron chi connectivity index (χ2n) is 8.55. The van der Waals surface area contributed by atoms with Gasteiger partial charge < -0.3 is 18.9 Å². The van der Waals surface area contributed by atoms with Crippen LogP contribution in [0.1, 0.15) is 52.1 Å². The molecule has 0 saturated carbocycles. The van der Waals surface area contributed by atoms with Crippen LogP contribution in [0, 0.1) is 6.92 Å². The van der Waals surface area contributed by atoms with Gasteiger partial charge in [0.1, 0.15) is 13.2 Å². The highest BCUT2D eigenvalue weighted by atomic mass is 16.7. The van der Waals surface area contributed by atoms with Crippen molar-refractivity contribution >= 4 is 12.3 Å². The monoisotopic (exact) mass is 476 g/mol. The topological polar surface area (TPSA) is 71.1 Å². The summed E-state index contributed by atoms with van der Waals surface area (Å²) in [6.45, 7) is 4.68. The van der Waals surface area contributed by atoms with Gasteiger partial charge in [-0.2, -0.15) is 0 Å². The summed E-state index contributed by atoms with van der Waals surface area (Å²) in [5.41, 5.74) is 6.71. The summed E-state index contributed by atoms with van der Waals surface area (Å²) in [6.07, 6.45) is -0.549. The number of methoxy groups -OCH3 is 2. The first-order valence-electron chi connectivity index (χ1n) is 11.5. The van der Waals surface area contributed by atoms with Gasteiger partial charge in [-0.25, -0.2) is 9.59 Å². The molecule has 0 heterocycles. The molecule has 0 N–H and O–H groups in total. The van der Waals surface area contributed by atoms with Crippen LogP contribution in [-0.4, -0.2) is 26.5 Å². The Morgan fingerprint density at radius 2 is 1.09 bits per heavy atom. The van der Waals surface area contributed by atoms with E-state index in [2.05, 4.69) is 71.9 Å². The predicted molar refractivity (Wildman–Crippen MR) is 133 cm³/mol. The van der Waals surface area contributed by atoms with E-state index in [1.807, 2.05) is 24.3 Å². The van der Waals surface area contributed by atoms with E-state index in [9.17, 15) is 9.59 Å². The van der Waals surface area contributed by atoms with Gasteiger partial charge in [0.25, 0.3) is 0 Å². The quantitative estimate of drug-likeness (QED) is 0.320. The van der Waals surface area contributed by atoms with Gasteiger partial charge in [0.05, 0.1) is 14.2 Å².